The highest BCUT2D eigenvalue weighted by atomic mass is 35.5. The third kappa shape index (κ3) is 5.17. The third-order valence-electron chi connectivity index (χ3n) is 4.83. The van der Waals surface area contributed by atoms with Crippen molar-refractivity contribution in [2.75, 3.05) is 6.54 Å². The van der Waals surface area contributed by atoms with Gasteiger partial charge in [0.05, 0.1) is 11.0 Å². The smallest absolute Gasteiger partial charge is 0.124 e. The van der Waals surface area contributed by atoms with Gasteiger partial charge in [0.1, 0.15) is 18.2 Å². The molecule has 3 aromatic carbocycles. The minimum atomic E-state index is 0.536. The van der Waals surface area contributed by atoms with Crippen LogP contribution in [0.2, 0.25) is 5.02 Å². The van der Waals surface area contributed by atoms with Crippen LogP contribution in [0.3, 0.4) is 0 Å². The maximum Gasteiger partial charge on any atom is 0.124 e. The maximum atomic E-state index is 6.21. The number of rotatable bonds is 8. The molecule has 5 heteroatoms. The number of nitrogens with one attached hydrogen (secondary N) is 2. The zero-order valence-electron chi connectivity index (χ0n) is 16.4. The van der Waals surface area contributed by atoms with Gasteiger partial charge in [-0.15, -0.1) is 0 Å². The van der Waals surface area contributed by atoms with Crippen LogP contribution in [0, 0.1) is 6.92 Å². The quantitative estimate of drug-likeness (QED) is 0.384. The Hall–Kier alpha value is -2.82. The van der Waals surface area contributed by atoms with Crippen molar-refractivity contribution in [3.05, 3.63) is 94.3 Å². The Labute approximate surface area is 175 Å². The van der Waals surface area contributed by atoms with Crippen molar-refractivity contribution in [1.29, 1.82) is 0 Å². The first-order valence-electron chi connectivity index (χ1n) is 9.78. The molecule has 0 aliphatic carbocycles. The SMILES string of the molecule is Cc1ccc(COc2ccc(Cl)cc2CNCCc2nc3ccccc3[nH]2)cc1. The van der Waals surface area contributed by atoms with Crippen LogP contribution in [-0.4, -0.2) is 16.5 Å². The van der Waals surface area contributed by atoms with Gasteiger partial charge in [-0.1, -0.05) is 53.6 Å². The summed E-state index contributed by atoms with van der Waals surface area (Å²) in [6.07, 6.45) is 0.828. The highest BCUT2D eigenvalue weighted by molar-refractivity contribution is 6.30. The van der Waals surface area contributed by atoms with Gasteiger partial charge in [0.2, 0.25) is 0 Å². The van der Waals surface area contributed by atoms with Gasteiger partial charge >= 0.3 is 0 Å². The largest absolute Gasteiger partial charge is 0.489 e. The van der Waals surface area contributed by atoms with E-state index in [1.807, 2.05) is 42.5 Å². The number of aryl methyl sites for hydroxylation is 1. The van der Waals surface area contributed by atoms with E-state index in [-0.39, 0.29) is 0 Å². The number of fused-ring (bicyclic) bond motifs is 1. The maximum absolute atomic E-state index is 6.21. The van der Waals surface area contributed by atoms with Crippen LogP contribution in [0.4, 0.5) is 0 Å². The molecule has 0 saturated heterocycles. The summed E-state index contributed by atoms with van der Waals surface area (Å²) >= 11 is 6.21. The average Bonchev–Trinajstić information content (AvgIpc) is 3.15. The molecular formula is C24H24ClN3O. The summed E-state index contributed by atoms with van der Waals surface area (Å²) < 4.78 is 6.06. The molecular weight excluding hydrogens is 382 g/mol. The Bertz CT molecular complexity index is 1060. The lowest BCUT2D eigenvalue weighted by Gasteiger charge is -2.13. The molecule has 0 atom stereocenters. The van der Waals surface area contributed by atoms with Crippen molar-refractivity contribution in [3.8, 4) is 5.75 Å². The molecule has 0 radical (unpaired) electrons. The Kier molecular flexibility index (Phi) is 6.13. The number of hydrogen-bond acceptors (Lipinski definition) is 3. The van der Waals surface area contributed by atoms with E-state index in [4.69, 9.17) is 16.3 Å². The Morgan fingerprint density at radius 3 is 2.69 bits per heavy atom. The van der Waals surface area contributed by atoms with E-state index in [1.54, 1.807) is 0 Å². The molecule has 1 heterocycles. The molecule has 0 saturated carbocycles. The normalized spacial score (nSPS) is 11.1. The minimum Gasteiger partial charge on any atom is -0.489 e. The molecule has 0 spiro atoms. The van der Waals surface area contributed by atoms with Crippen LogP contribution in [0.15, 0.2) is 66.7 Å². The fourth-order valence-electron chi connectivity index (χ4n) is 3.23. The van der Waals surface area contributed by atoms with E-state index >= 15 is 0 Å². The molecule has 1 aromatic heterocycles. The van der Waals surface area contributed by atoms with Crippen LogP contribution in [-0.2, 0) is 19.6 Å². The summed E-state index contributed by atoms with van der Waals surface area (Å²) in [5.74, 6) is 1.84. The summed E-state index contributed by atoms with van der Waals surface area (Å²) in [4.78, 5) is 7.98. The fraction of sp³-hybridized carbons (Fsp3) is 0.208. The summed E-state index contributed by atoms with van der Waals surface area (Å²) in [7, 11) is 0. The summed E-state index contributed by atoms with van der Waals surface area (Å²) in [6, 6.07) is 22.2. The van der Waals surface area contributed by atoms with Gasteiger partial charge in [0.25, 0.3) is 0 Å². The van der Waals surface area contributed by atoms with E-state index in [9.17, 15) is 0 Å². The van der Waals surface area contributed by atoms with E-state index in [1.165, 1.54) is 5.56 Å². The number of ether oxygens (including phenoxy) is 1. The van der Waals surface area contributed by atoms with Crippen molar-refractivity contribution < 1.29 is 4.74 Å². The topological polar surface area (TPSA) is 49.9 Å². The molecule has 4 nitrogen and oxygen atoms in total. The molecule has 0 fully saturated rings. The van der Waals surface area contributed by atoms with E-state index in [0.717, 1.165) is 46.7 Å². The number of halogens is 1. The van der Waals surface area contributed by atoms with Crippen molar-refractivity contribution in [2.24, 2.45) is 0 Å². The number of nitrogens with zero attached hydrogens (tertiary/aromatic N) is 1. The molecule has 29 heavy (non-hydrogen) atoms. The van der Waals surface area contributed by atoms with Crippen LogP contribution in [0.25, 0.3) is 11.0 Å². The summed E-state index contributed by atoms with van der Waals surface area (Å²) in [6.45, 7) is 4.11. The Morgan fingerprint density at radius 2 is 1.86 bits per heavy atom. The lowest BCUT2D eigenvalue weighted by molar-refractivity contribution is 0.302. The number of hydrogen-bond donors (Lipinski definition) is 2. The van der Waals surface area contributed by atoms with Crippen molar-refractivity contribution >= 4 is 22.6 Å². The standard InChI is InChI=1S/C24H24ClN3O/c1-17-6-8-18(9-7-17)16-29-23-11-10-20(25)14-19(23)15-26-13-12-24-27-21-4-2-3-5-22(21)28-24/h2-11,14,26H,12-13,15-16H2,1H3,(H,27,28). The molecule has 148 valence electrons. The summed E-state index contributed by atoms with van der Waals surface area (Å²) in [5.41, 5.74) is 5.52. The molecule has 0 aliphatic heterocycles. The molecule has 0 aliphatic rings. The van der Waals surface area contributed by atoms with Crippen LogP contribution < -0.4 is 10.1 Å². The highest BCUT2D eigenvalue weighted by Crippen LogP contribution is 2.24. The van der Waals surface area contributed by atoms with Crippen LogP contribution in [0.1, 0.15) is 22.5 Å². The zero-order valence-corrected chi connectivity index (χ0v) is 17.2. The molecule has 4 aromatic rings. The predicted octanol–water partition coefficient (Wildman–Crippen LogP) is 5.44. The lowest BCUT2D eigenvalue weighted by Crippen LogP contribution is -2.17. The molecule has 2 N–H and O–H groups in total. The van der Waals surface area contributed by atoms with E-state index in [2.05, 4.69) is 46.5 Å². The van der Waals surface area contributed by atoms with Gasteiger partial charge < -0.3 is 15.0 Å². The van der Waals surface area contributed by atoms with Gasteiger partial charge in [-0.25, -0.2) is 4.98 Å². The molecule has 0 unspecified atom stereocenters. The van der Waals surface area contributed by atoms with Crippen LogP contribution in [0.5, 0.6) is 5.75 Å². The van der Waals surface area contributed by atoms with Crippen LogP contribution >= 0.6 is 11.6 Å². The molecule has 0 bridgehead atoms. The average molecular weight is 406 g/mol. The first-order valence-corrected chi connectivity index (χ1v) is 10.2. The number of para-hydroxylation sites is 2. The number of aromatic nitrogens is 2. The zero-order chi connectivity index (χ0) is 20.1. The second-order valence-electron chi connectivity index (χ2n) is 7.15. The first-order chi connectivity index (χ1) is 14.2. The molecule has 0 amide bonds. The number of imidazole rings is 1. The number of aromatic amines is 1. The third-order valence-corrected chi connectivity index (χ3v) is 5.07. The van der Waals surface area contributed by atoms with E-state index < -0.39 is 0 Å². The minimum absolute atomic E-state index is 0.536. The number of benzene rings is 3. The summed E-state index contributed by atoms with van der Waals surface area (Å²) in [5, 5.41) is 4.18. The lowest BCUT2D eigenvalue weighted by atomic mass is 10.1. The predicted molar refractivity (Wildman–Crippen MR) is 118 cm³/mol. The Balaban J connectivity index is 1.33. The second-order valence-corrected chi connectivity index (χ2v) is 7.59. The van der Waals surface area contributed by atoms with Crippen molar-refractivity contribution in [3.63, 3.8) is 0 Å². The first kappa shape index (κ1) is 19.5. The van der Waals surface area contributed by atoms with Gasteiger partial charge in [0.15, 0.2) is 0 Å². The molecule has 4 rings (SSSR count). The number of H-pyrrole nitrogens is 1. The monoisotopic (exact) mass is 405 g/mol. The highest BCUT2D eigenvalue weighted by Gasteiger charge is 2.07. The van der Waals surface area contributed by atoms with E-state index in [0.29, 0.717) is 18.2 Å². The van der Waals surface area contributed by atoms with Crippen molar-refractivity contribution in [2.45, 2.75) is 26.5 Å². The second kappa shape index (κ2) is 9.12. The van der Waals surface area contributed by atoms with Gasteiger partial charge in [0, 0.05) is 30.1 Å². The Morgan fingerprint density at radius 1 is 1.03 bits per heavy atom. The van der Waals surface area contributed by atoms with Gasteiger partial charge in [-0.2, -0.15) is 0 Å². The van der Waals surface area contributed by atoms with Crippen molar-refractivity contribution in [1.82, 2.24) is 15.3 Å². The van der Waals surface area contributed by atoms with Gasteiger partial charge in [-0.3, -0.25) is 0 Å². The fourth-order valence-corrected chi connectivity index (χ4v) is 3.42. The van der Waals surface area contributed by atoms with Gasteiger partial charge in [-0.05, 0) is 42.8 Å².